The summed E-state index contributed by atoms with van der Waals surface area (Å²) in [4.78, 5) is 0. The molecule has 0 saturated carbocycles. The Kier molecular flexibility index (Phi) is 3.61. The van der Waals surface area contributed by atoms with E-state index in [0.717, 1.165) is 11.5 Å². The van der Waals surface area contributed by atoms with Crippen LogP contribution in [0.5, 0.6) is 11.5 Å². The largest absolute Gasteiger partial charge is 0.497 e. The normalized spacial score (nSPS) is 23.3. The van der Waals surface area contributed by atoms with Gasteiger partial charge in [0.1, 0.15) is 11.5 Å². The molecule has 32 heavy (non-hydrogen) atoms. The van der Waals surface area contributed by atoms with Crippen LogP contribution in [0.4, 0.5) is 0 Å². The van der Waals surface area contributed by atoms with E-state index in [1.807, 2.05) is 0 Å². The van der Waals surface area contributed by atoms with Crippen LogP contribution in [0, 0.1) is 0 Å². The van der Waals surface area contributed by atoms with Crippen molar-refractivity contribution in [3.8, 4) is 11.5 Å². The van der Waals surface area contributed by atoms with Crippen molar-refractivity contribution < 1.29 is 18.6 Å². The molecular weight excluding hydrogens is 396 g/mol. The predicted molar refractivity (Wildman–Crippen MR) is 119 cm³/mol. The Labute approximate surface area is 187 Å². The molecule has 1 aliphatic carbocycles. The van der Waals surface area contributed by atoms with E-state index in [4.69, 9.17) is 9.47 Å². The highest BCUT2D eigenvalue weighted by molar-refractivity contribution is 5.54. The second-order valence-electron chi connectivity index (χ2n) is 8.90. The minimum absolute atomic E-state index is 0.155. The molecule has 10 rings (SSSR count). The number of nitrogens with zero attached hydrogens (tertiary/aromatic N) is 2. The Morgan fingerprint density at radius 2 is 1.03 bits per heavy atom. The quantitative estimate of drug-likeness (QED) is 0.457. The van der Waals surface area contributed by atoms with Crippen LogP contribution in [0.1, 0.15) is 57.6 Å². The van der Waals surface area contributed by atoms with Crippen molar-refractivity contribution in [2.75, 3.05) is 14.2 Å². The van der Waals surface area contributed by atoms with E-state index in [1.54, 1.807) is 14.2 Å². The molecule has 4 aromatic rings. The lowest BCUT2D eigenvalue weighted by atomic mass is 9.64. The van der Waals surface area contributed by atoms with Gasteiger partial charge in [0.25, 0.3) is 0 Å². The molecule has 6 aliphatic rings. The zero-order valence-corrected chi connectivity index (χ0v) is 18.1. The molecule has 4 nitrogen and oxygen atoms in total. The lowest BCUT2D eigenvalue weighted by Gasteiger charge is -2.42. The van der Waals surface area contributed by atoms with Crippen molar-refractivity contribution in [2.24, 2.45) is 0 Å². The summed E-state index contributed by atoms with van der Waals surface area (Å²) < 4.78 is 16.4. The van der Waals surface area contributed by atoms with Crippen LogP contribution in [-0.4, -0.2) is 14.2 Å². The Bertz CT molecular complexity index is 1290. The number of rotatable bonds is 2. The summed E-state index contributed by atoms with van der Waals surface area (Å²) in [6.07, 6.45) is 4.51. The first kappa shape index (κ1) is 18.0. The van der Waals surface area contributed by atoms with E-state index >= 15 is 0 Å². The molecule has 0 saturated heterocycles. The lowest BCUT2D eigenvalue weighted by molar-refractivity contribution is -0.817. The van der Waals surface area contributed by atoms with Gasteiger partial charge in [-0.15, -0.1) is 0 Å². The van der Waals surface area contributed by atoms with Gasteiger partial charge in [-0.1, -0.05) is 12.1 Å². The molecule has 0 N–H and O–H groups in total. The van der Waals surface area contributed by atoms with Gasteiger partial charge >= 0.3 is 0 Å². The van der Waals surface area contributed by atoms with Gasteiger partial charge in [0.15, 0.2) is 23.8 Å². The monoisotopic (exact) mass is 420 g/mol. The fourth-order valence-corrected chi connectivity index (χ4v) is 6.37. The first-order valence-corrected chi connectivity index (χ1v) is 11.2. The van der Waals surface area contributed by atoms with Crippen LogP contribution in [0.25, 0.3) is 0 Å². The zero-order chi connectivity index (χ0) is 21.4. The summed E-state index contributed by atoms with van der Waals surface area (Å²) in [5, 5.41) is 0. The van der Waals surface area contributed by atoms with Crippen molar-refractivity contribution in [2.45, 2.75) is 23.9 Å². The van der Waals surface area contributed by atoms with Crippen molar-refractivity contribution in [1.29, 1.82) is 0 Å². The van der Waals surface area contributed by atoms with E-state index in [1.165, 1.54) is 33.6 Å². The van der Waals surface area contributed by atoms with Crippen LogP contribution in [0.15, 0.2) is 85.2 Å². The maximum Gasteiger partial charge on any atom is 0.249 e. The molecule has 7 heterocycles. The molecule has 0 amide bonds. The maximum atomic E-state index is 5.67. The van der Waals surface area contributed by atoms with Gasteiger partial charge in [0.2, 0.25) is 12.1 Å². The number of aromatic nitrogens is 2. The van der Waals surface area contributed by atoms with E-state index in [-0.39, 0.29) is 23.9 Å². The molecule has 2 aromatic heterocycles. The Hall–Kier alpha value is -3.66. The average Bonchev–Trinajstić information content (AvgIpc) is 2.84. The molecule has 4 bridgehead atoms. The first-order chi connectivity index (χ1) is 15.8. The Morgan fingerprint density at radius 3 is 1.47 bits per heavy atom. The third-order valence-corrected chi connectivity index (χ3v) is 7.61. The highest BCUT2D eigenvalue weighted by atomic mass is 16.5. The second-order valence-corrected chi connectivity index (χ2v) is 8.90. The summed E-state index contributed by atoms with van der Waals surface area (Å²) >= 11 is 0. The van der Waals surface area contributed by atoms with Gasteiger partial charge in [-0.3, -0.25) is 0 Å². The van der Waals surface area contributed by atoms with E-state index in [0.29, 0.717) is 0 Å². The van der Waals surface area contributed by atoms with Gasteiger partial charge in [-0.25, -0.2) is 0 Å². The summed E-state index contributed by atoms with van der Waals surface area (Å²) in [5.74, 6) is 2.19. The van der Waals surface area contributed by atoms with Gasteiger partial charge < -0.3 is 9.47 Å². The SMILES string of the molecule is COc1ccc2c(c1)[C@@H]1c3cccc[n+]3[C@H]2[C@@H]2c3ccc(OC)cc3[C@H]1c1cccc[n+]12. The number of pyridine rings is 2. The highest BCUT2D eigenvalue weighted by Gasteiger charge is 2.58. The molecule has 0 spiro atoms. The Balaban J connectivity index is 1.64. The molecule has 4 heteroatoms. The van der Waals surface area contributed by atoms with Crippen molar-refractivity contribution in [1.82, 2.24) is 0 Å². The minimum Gasteiger partial charge on any atom is -0.497 e. The highest BCUT2D eigenvalue weighted by Crippen LogP contribution is 2.55. The Morgan fingerprint density at radius 1 is 0.562 bits per heavy atom. The molecule has 0 radical (unpaired) electrons. The topological polar surface area (TPSA) is 26.2 Å². The van der Waals surface area contributed by atoms with Crippen molar-refractivity contribution in [3.63, 3.8) is 0 Å². The standard InChI is InChI=1S/C28H24N2O2/c1-31-17-9-11-19-21(15-17)25-23-7-3-5-13-29(23)27(19)28-20-12-10-18(32-2)16-22(20)26(25)24-8-4-6-14-30(24)28/h3-16,25-28H,1-2H3/q+2/t25-,26+,27-,28+. The zero-order valence-electron chi connectivity index (χ0n) is 18.1. The lowest BCUT2D eigenvalue weighted by Crippen LogP contribution is -2.63. The summed E-state index contributed by atoms with van der Waals surface area (Å²) in [6, 6.07) is 26.9. The van der Waals surface area contributed by atoms with Crippen LogP contribution < -0.4 is 18.6 Å². The number of hydrogen-bond acceptors (Lipinski definition) is 2. The molecule has 4 atom stereocenters. The van der Waals surface area contributed by atoms with E-state index in [9.17, 15) is 0 Å². The van der Waals surface area contributed by atoms with Crippen LogP contribution in [0.3, 0.4) is 0 Å². The average molecular weight is 421 g/mol. The maximum absolute atomic E-state index is 5.67. The number of hydrogen-bond donors (Lipinski definition) is 0. The van der Waals surface area contributed by atoms with Gasteiger partial charge in [-0.2, -0.15) is 9.13 Å². The van der Waals surface area contributed by atoms with Gasteiger partial charge in [0.05, 0.1) is 26.1 Å². The smallest absolute Gasteiger partial charge is 0.249 e. The van der Waals surface area contributed by atoms with Crippen molar-refractivity contribution in [3.05, 3.63) is 119 Å². The van der Waals surface area contributed by atoms with Gasteiger partial charge in [0, 0.05) is 35.4 Å². The number of ether oxygens (including phenoxy) is 2. The summed E-state index contributed by atoms with van der Waals surface area (Å²) in [5.41, 5.74) is 8.24. The molecular formula is C28H24N2O2+2. The third kappa shape index (κ3) is 2.17. The van der Waals surface area contributed by atoms with Crippen LogP contribution in [0.2, 0.25) is 0 Å². The number of methoxy groups -OCH3 is 2. The summed E-state index contributed by atoms with van der Waals surface area (Å²) in [6.45, 7) is 0. The van der Waals surface area contributed by atoms with Gasteiger partial charge in [-0.05, 0) is 47.5 Å². The molecule has 2 aromatic carbocycles. The second kappa shape index (κ2) is 6.42. The van der Waals surface area contributed by atoms with Crippen LogP contribution >= 0.6 is 0 Å². The molecule has 0 unspecified atom stereocenters. The van der Waals surface area contributed by atoms with Crippen LogP contribution in [-0.2, 0) is 0 Å². The molecule has 0 fully saturated rings. The predicted octanol–water partition coefficient (Wildman–Crippen LogP) is 4.06. The molecule has 5 aliphatic heterocycles. The number of benzene rings is 2. The first-order valence-electron chi connectivity index (χ1n) is 11.2. The summed E-state index contributed by atoms with van der Waals surface area (Å²) in [7, 11) is 3.51. The van der Waals surface area contributed by atoms with E-state index < -0.39 is 0 Å². The fourth-order valence-electron chi connectivity index (χ4n) is 6.37. The molecule has 156 valence electrons. The fraction of sp³-hybridized carbons (Fsp3) is 0.214. The third-order valence-electron chi connectivity index (χ3n) is 7.61. The minimum atomic E-state index is 0.155. The van der Waals surface area contributed by atoms with Crippen molar-refractivity contribution >= 4 is 0 Å². The van der Waals surface area contributed by atoms with E-state index in [2.05, 4.69) is 94.3 Å².